The highest BCUT2D eigenvalue weighted by Crippen LogP contribution is 2.69. The van der Waals surface area contributed by atoms with Gasteiger partial charge in [-0.05, 0) is 145 Å². The van der Waals surface area contributed by atoms with Gasteiger partial charge in [-0.1, -0.05) is 119 Å². The summed E-state index contributed by atoms with van der Waals surface area (Å²) < 4.78 is 11.4. The first-order valence-electron chi connectivity index (χ1n) is 18.5. The lowest BCUT2D eigenvalue weighted by Gasteiger charge is -2.57. The molecular formula is C45H58OS. The van der Waals surface area contributed by atoms with Gasteiger partial charge in [-0.3, -0.25) is 0 Å². The summed E-state index contributed by atoms with van der Waals surface area (Å²) in [5, 5.41) is 0. The molecule has 9 rings (SSSR count). The Morgan fingerprint density at radius 1 is 0.340 bits per heavy atom. The van der Waals surface area contributed by atoms with Crippen molar-refractivity contribution in [2.75, 3.05) is 0 Å². The summed E-state index contributed by atoms with van der Waals surface area (Å²) >= 11 is 1.11. The van der Waals surface area contributed by atoms with Crippen LogP contribution in [0, 0.1) is 0 Å². The summed E-state index contributed by atoms with van der Waals surface area (Å²) in [5.41, 5.74) is 17.6. The highest BCUT2D eigenvalue weighted by atomic mass is 32.2. The Hall–Kier alpha value is -2.03. The van der Waals surface area contributed by atoms with E-state index in [1.165, 1.54) is 105 Å². The minimum absolute atomic E-state index is 0.0915. The fourth-order valence-electron chi connectivity index (χ4n) is 11.0. The first-order chi connectivity index (χ1) is 21.5. The minimum Gasteiger partial charge on any atom is -0.329 e. The normalized spacial score (nSPS) is 30.3. The second-order valence-electron chi connectivity index (χ2n) is 20.5. The summed E-state index contributed by atoms with van der Waals surface area (Å²) in [7, 11) is 0. The Labute approximate surface area is 289 Å². The van der Waals surface area contributed by atoms with E-state index in [0.717, 1.165) is 12.0 Å². The Morgan fingerprint density at radius 2 is 0.532 bits per heavy atom. The van der Waals surface area contributed by atoms with Crippen LogP contribution >= 0.6 is 12.0 Å². The van der Waals surface area contributed by atoms with E-state index in [2.05, 4.69) is 126 Å². The molecule has 0 saturated heterocycles. The summed E-state index contributed by atoms with van der Waals surface area (Å²) in [6.07, 6.45) is 7.14. The van der Waals surface area contributed by atoms with Crippen LogP contribution in [-0.2, 0) is 42.7 Å². The summed E-state index contributed by atoms with van der Waals surface area (Å²) in [6, 6.07) is 15.6. The Balaban J connectivity index is 1.56. The van der Waals surface area contributed by atoms with E-state index in [9.17, 15) is 4.55 Å². The van der Waals surface area contributed by atoms with Crippen molar-refractivity contribution in [3.05, 3.63) is 103 Å². The van der Waals surface area contributed by atoms with Gasteiger partial charge < -0.3 is 4.55 Å². The molecule has 3 aromatic carbocycles. The number of hydrogen-bond donors (Lipinski definition) is 1. The van der Waals surface area contributed by atoms with E-state index in [1.807, 2.05) is 0 Å². The van der Waals surface area contributed by atoms with Gasteiger partial charge in [0, 0.05) is 17.5 Å². The van der Waals surface area contributed by atoms with Crippen molar-refractivity contribution < 1.29 is 4.55 Å². The quantitative estimate of drug-likeness (QED) is 0.266. The van der Waals surface area contributed by atoms with Gasteiger partial charge in [-0.25, -0.2) is 0 Å². The van der Waals surface area contributed by atoms with Crippen LogP contribution in [-0.4, -0.2) is 4.55 Å². The molecular weight excluding hydrogens is 589 g/mol. The zero-order chi connectivity index (χ0) is 34.1. The average molecular weight is 647 g/mol. The van der Waals surface area contributed by atoms with Crippen molar-refractivity contribution >= 4 is 12.0 Å². The molecule has 3 aromatic rings. The van der Waals surface area contributed by atoms with Crippen LogP contribution < -0.4 is 0 Å². The van der Waals surface area contributed by atoms with Crippen molar-refractivity contribution in [2.24, 2.45) is 0 Å². The summed E-state index contributed by atoms with van der Waals surface area (Å²) in [4.78, 5) is 0. The number of hydrogen-bond acceptors (Lipinski definition) is 2. The fraction of sp³-hybridized carbons (Fsp3) is 0.600. The van der Waals surface area contributed by atoms with Crippen LogP contribution in [0.3, 0.4) is 0 Å². The molecule has 250 valence electrons. The van der Waals surface area contributed by atoms with E-state index in [0.29, 0.717) is 0 Å². The molecule has 0 aromatic heterocycles. The third kappa shape index (κ3) is 3.84. The van der Waals surface area contributed by atoms with Crippen molar-refractivity contribution in [3.8, 4) is 0 Å². The average Bonchev–Trinajstić information content (AvgIpc) is 2.99. The largest absolute Gasteiger partial charge is 0.329 e. The van der Waals surface area contributed by atoms with Crippen LogP contribution in [0.5, 0.6) is 0 Å². The molecule has 1 N–H and O–H groups in total. The van der Waals surface area contributed by atoms with Gasteiger partial charge in [-0.2, -0.15) is 0 Å². The second kappa shape index (κ2) is 9.00. The monoisotopic (exact) mass is 646 g/mol. The lowest BCUT2D eigenvalue weighted by molar-refractivity contribution is 0.326. The van der Waals surface area contributed by atoms with E-state index < -0.39 is 4.75 Å². The smallest absolute Gasteiger partial charge is 0.118 e. The van der Waals surface area contributed by atoms with Gasteiger partial charge in [0.2, 0.25) is 0 Å². The number of rotatable bonds is 1. The van der Waals surface area contributed by atoms with Crippen LogP contribution in [0.15, 0.2) is 36.4 Å². The van der Waals surface area contributed by atoms with Gasteiger partial charge >= 0.3 is 0 Å². The molecule has 2 bridgehead atoms. The van der Waals surface area contributed by atoms with Gasteiger partial charge in [-0.15, -0.1) is 0 Å². The highest BCUT2D eigenvalue weighted by Gasteiger charge is 2.60. The SMILES string of the molecule is CC1(C)CCC(C)(C)c2cc3c(cc21)C1(C)c2cc4c(cc2C3(SO)c2cc3c(cc21)C(C)(C)CCC3(C)C)C(C)(C)CCC4(C)C. The van der Waals surface area contributed by atoms with Gasteiger partial charge in [0.1, 0.15) is 4.75 Å². The topological polar surface area (TPSA) is 20.2 Å². The molecule has 2 heteroatoms. The molecule has 0 spiro atoms. The van der Waals surface area contributed by atoms with Gasteiger partial charge in [0.15, 0.2) is 0 Å². The zero-order valence-electron chi connectivity index (χ0n) is 31.6. The lowest BCUT2D eigenvalue weighted by Crippen LogP contribution is -2.50. The highest BCUT2D eigenvalue weighted by molar-refractivity contribution is 7.95. The molecule has 0 saturated carbocycles. The molecule has 6 aliphatic rings. The molecule has 0 radical (unpaired) electrons. The molecule has 0 heterocycles. The predicted octanol–water partition coefficient (Wildman–Crippen LogP) is 12.2. The maximum absolute atomic E-state index is 12.1. The van der Waals surface area contributed by atoms with E-state index in [4.69, 9.17) is 0 Å². The van der Waals surface area contributed by atoms with Crippen molar-refractivity contribution in [3.63, 3.8) is 0 Å². The Bertz CT molecular complexity index is 1680. The van der Waals surface area contributed by atoms with E-state index >= 15 is 0 Å². The minimum atomic E-state index is -0.677. The molecule has 1 nitrogen and oxygen atoms in total. The molecule has 0 unspecified atom stereocenters. The Kier molecular flexibility index (Phi) is 6.17. The number of benzene rings is 3. The molecule has 0 aliphatic heterocycles. The maximum atomic E-state index is 12.1. The van der Waals surface area contributed by atoms with E-state index in [1.54, 1.807) is 0 Å². The first-order valence-corrected chi connectivity index (χ1v) is 19.2. The second-order valence-corrected chi connectivity index (χ2v) is 21.3. The van der Waals surface area contributed by atoms with Crippen LogP contribution in [0.1, 0.15) is 195 Å². The lowest BCUT2D eigenvalue weighted by atomic mass is 9.49. The molecule has 47 heavy (non-hydrogen) atoms. The van der Waals surface area contributed by atoms with Gasteiger partial charge in [0.25, 0.3) is 0 Å². The first kappa shape index (κ1) is 32.2. The fourth-order valence-corrected chi connectivity index (χ4v) is 11.8. The van der Waals surface area contributed by atoms with Crippen molar-refractivity contribution in [1.29, 1.82) is 0 Å². The maximum Gasteiger partial charge on any atom is 0.118 e. The van der Waals surface area contributed by atoms with Crippen LogP contribution in [0.25, 0.3) is 0 Å². The third-order valence-corrected chi connectivity index (χ3v) is 15.8. The van der Waals surface area contributed by atoms with Gasteiger partial charge in [0.05, 0.1) is 0 Å². The van der Waals surface area contributed by atoms with E-state index in [-0.39, 0.29) is 37.9 Å². The number of fused-ring (bicyclic) bond motifs is 3. The molecule has 0 atom stereocenters. The summed E-state index contributed by atoms with van der Waals surface area (Å²) in [5.74, 6) is 0. The Morgan fingerprint density at radius 3 is 0.723 bits per heavy atom. The third-order valence-electron chi connectivity index (χ3n) is 14.9. The van der Waals surface area contributed by atoms with Crippen LogP contribution in [0.2, 0.25) is 0 Å². The van der Waals surface area contributed by atoms with Crippen LogP contribution in [0.4, 0.5) is 0 Å². The van der Waals surface area contributed by atoms with Crippen molar-refractivity contribution in [2.45, 2.75) is 171 Å². The molecule has 6 aliphatic carbocycles. The molecule has 0 fully saturated rings. The zero-order valence-corrected chi connectivity index (χ0v) is 32.4. The van der Waals surface area contributed by atoms with Crippen molar-refractivity contribution in [1.82, 2.24) is 0 Å². The summed E-state index contributed by atoms with van der Waals surface area (Å²) in [6.45, 7) is 31.9. The molecule has 0 amide bonds. The standard InChI is InChI=1S/C45H58OS/c1-38(2)14-17-41(7,8)29-23-35-32(20-26(29)38)44(13)33-21-27-30(42(9,10)18-15-39(27,3)4)24-36(33)45(35,47-46)37-25-31-28(22-34(37)44)40(5,6)16-19-43(31,11)12/h20-25,46H,14-19H2,1-13H3. The predicted molar refractivity (Wildman–Crippen MR) is 201 cm³/mol.